The van der Waals surface area contributed by atoms with Crippen molar-refractivity contribution in [2.45, 2.75) is 43.9 Å². The number of carbonyl (C=O) groups is 1. The molecule has 2 aromatic carbocycles. The van der Waals surface area contributed by atoms with E-state index in [0.29, 0.717) is 0 Å². The Labute approximate surface area is 172 Å². The van der Waals surface area contributed by atoms with Gasteiger partial charge in [-0.25, -0.2) is 13.2 Å². The third-order valence-electron chi connectivity index (χ3n) is 4.95. The van der Waals surface area contributed by atoms with Crippen LogP contribution in [0.5, 0.6) is 0 Å². The number of guanidine groups is 1. The first-order valence-corrected chi connectivity index (χ1v) is 9.69. The van der Waals surface area contributed by atoms with Gasteiger partial charge in [-0.1, -0.05) is 12.1 Å². The third kappa shape index (κ3) is 5.80. The van der Waals surface area contributed by atoms with Crippen molar-refractivity contribution in [3.05, 3.63) is 71.0 Å². The predicted molar refractivity (Wildman–Crippen MR) is 108 cm³/mol. The van der Waals surface area contributed by atoms with Crippen molar-refractivity contribution < 1.29 is 18.0 Å². The first kappa shape index (κ1) is 21.8. The first-order chi connectivity index (χ1) is 14.3. The fraction of sp³-hybridized carbons (Fsp3) is 0.333. The summed E-state index contributed by atoms with van der Waals surface area (Å²) in [6.07, 6.45) is 2.53. The Bertz CT molecular complexity index is 915. The molecule has 0 saturated heterocycles. The highest BCUT2D eigenvalue weighted by Crippen LogP contribution is 2.18. The average molecular weight is 419 g/mol. The van der Waals surface area contributed by atoms with Crippen LogP contribution in [0.15, 0.2) is 47.5 Å². The Morgan fingerprint density at radius 3 is 2.37 bits per heavy atom. The van der Waals surface area contributed by atoms with Gasteiger partial charge in [0.2, 0.25) is 5.96 Å². The van der Waals surface area contributed by atoms with Gasteiger partial charge in [0.15, 0.2) is 11.6 Å². The molecule has 0 aliphatic heterocycles. The van der Waals surface area contributed by atoms with E-state index in [1.54, 1.807) is 12.1 Å². The monoisotopic (exact) mass is 419 g/mol. The van der Waals surface area contributed by atoms with E-state index in [1.807, 2.05) is 0 Å². The SMILES string of the molecule is NC(CC(N)c1ccc(F)cc1)N/C(=N\C(=O)c1ccc(F)c(F)c1)NC1CCC1. The lowest BCUT2D eigenvalue weighted by atomic mass is 9.93. The molecule has 1 aliphatic carbocycles. The molecular formula is C21H24F3N5O. The molecular weight excluding hydrogens is 395 g/mol. The number of halogens is 3. The van der Waals surface area contributed by atoms with Crippen LogP contribution in [-0.4, -0.2) is 24.1 Å². The van der Waals surface area contributed by atoms with Crippen LogP contribution in [0.25, 0.3) is 0 Å². The smallest absolute Gasteiger partial charge is 0.280 e. The summed E-state index contributed by atoms with van der Waals surface area (Å²) in [4.78, 5) is 16.4. The quantitative estimate of drug-likeness (QED) is 0.327. The van der Waals surface area contributed by atoms with Crippen LogP contribution < -0.4 is 22.1 Å². The zero-order valence-electron chi connectivity index (χ0n) is 16.2. The maximum absolute atomic E-state index is 13.4. The molecule has 0 heterocycles. The Kier molecular flexibility index (Phi) is 7.07. The Morgan fingerprint density at radius 1 is 1.07 bits per heavy atom. The number of nitrogens with one attached hydrogen (secondary N) is 2. The van der Waals surface area contributed by atoms with Crippen LogP contribution in [0.1, 0.15) is 47.6 Å². The number of nitrogens with two attached hydrogens (primary N) is 2. The maximum Gasteiger partial charge on any atom is 0.280 e. The zero-order valence-corrected chi connectivity index (χ0v) is 16.2. The van der Waals surface area contributed by atoms with Crippen molar-refractivity contribution >= 4 is 11.9 Å². The lowest BCUT2D eigenvalue weighted by molar-refractivity contribution is 0.100. The molecule has 0 spiro atoms. The van der Waals surface area contributed by atoms with Crippen molar-refractivity contribution in [3.8, 4) is 0 Å². The van der Waals surface area contributed by atoms with Gasteiger partial charge < -0.3 is 22.1 Å². The maximum atomic E-state index is 13.4. The highest BCUT2D eigenvalue weighted by Gasteiger charge is 2.21. The van der Waals surface area contributed by atoms with E-state index in [9.17, 15) is 18.0 Å². The van der Waals surface area contributed by atoms with Gasteiger partial charge in [-0.15, -0.1) is 0 Å². The number of hydrogen-bond donors (Lipinski definition) is 4. The van der Waals surface area contributed by atoms with E-state index < -0.39 is 29.7 Å². The molecule has 0 radical (unpaired) electrons. The van der Waals surface area contributed by atoms with Gasteiger partial charge in [0.05, 0.1) is 6.17 Å². The highest BCUT2D eigenvalue weighted by atomic mass is 19.2. The second-order valence-corrected chi connectivity index (χ2v) is 7.31. The van der Waals surface area contributed by atoms with Gasteiger partial charge in [0.25, 0.3) is 5.91 Å². The van der Waals surface area contributed by atoms with Crippen LogP contribution in [-0.2, 0) is 0 Å². The van der Waals surface area contributed by atoms with Gasteiger partial charge >= 0.3 is 0 Å². The number of benzene rings is 2. The molecule has 2 unspecified atom stereocenters. The van der Waals surface area contributed by atoms with Crippen LogP contribution in [0.2, 0.25) is 0 Å². The van der Waals surface area contributed by atoms with E-state index >= 15 is 0 Å². The molecule has 6 nitrogen and oxygen atoms in total. The molecule has 1 saturated carbocycles. The molecule has 9 heteroatoms. The Balaban J connectivity index is 1.69. The van der Waals surface area contributed by atoms with Crippen molar-refractivity contribution in [2.75, 3.05) is 0 Å². The van der Waals surface area contributed by atoms with E-state index in [4.69, 9.17) is 11.5 Å². The highest BCUT2D eigenvalue weighted by molar-refractivity contribution is 6.02. The number of hydrogen-bond acceptors (Lipinski definition) is 3. The minimum absolute atomic E-state index is 0.0832. The number of rotatable bonds is 6. The summed E-state index contributed by atoms with van der Waals surface area (Å²) < 4.78 is 39.6. The predicted octanol–water partition coefficient (Wildman–Crippen LogP) is 2.71. The standard InChI is InChI=1S/C21H24F3N5O/c22-14-7-4-12(5-8-14)18(25)11-19(26)28-21(27-15-2-1-3-15)29-20(30)13-6-9-16(23)17(24)10-13/h4-10,15,18-19H,1-3,11,25-26H2,(H2,27,28,29,30). The molecule has 160 valence electrons. The van der Waals surface area contributed by atoms with Crippen molar-refractivity contribution in [1.82, 2.24) is 10.6 Å². The summed E-state index contributed by atoms with van der Waals surface area (Å²) in [5, 5.41) is 6.04. The largest absolute Gasteiger partial charge is 0.353 e. The first-order valence-electron chi connectivity index (χ1n) is 9.69. The summed E-state index contributed by atoms with van der Waals surface area (Å²) in [6, 6.07) is 8.33. The van der Waals surface area contributed by atoms with Crippen molar-refractivity contribution in [1.29, 1.82) is 0 Å². The minimum atomic E-state index is -1.13. The number of aliphatic imine (C=N–C) groups is 1. The lowest BCUT2D eigenvalue weighted by Crippen LogP contribution is -2.53. The molecule has 30 heavy (non-hydrogen) atoms. The van der Waals surface area contributed by atoms with Gasteiger partial charge in [0, 0.05) is 17.6 Å². The number of nitrogens with zero attached hydrogens (tertiary/aromatic N) is 1. The van der Waals surface area contributed by atoms with Gasteiger partial charge in [-0.2, -0.15) is 4.99 Å². The number of carbonyl (C=O) groups excluding carboxylic acids is 1. The molecule has 2 atom stereocenters. The van der Waals surface area contributed by atoms with E-state index in [0.717, 1.165) is 43.0 Å². The molecule has 3 rings (SSSR count). The molecule has 0 aromatic heterocycles. The average Bonchev–Trinajstić information content (AvgIpc) is 2.67. The van der Waals surface area contributed by atoms with Gasteiger partial charge in [0.1, 0.15) is 5.82 Å². The van der Waals surface area contributed by atoms with E-state index in [2.05, 4.69) is 15.6 Å². The molecule has 0 bridgehead atoms. The summed E-state index contributed by atoms with van der Waals surface area (Å²) in [6.45, 7) is 0. The van der Waals surface area contributed by atoms with Crippen LogP contribution in [0.3, 0.4) is 0 Å². The zero-order chi connectivity index (χ0) is 21.7. The van der Waals surface area contributed by atoms with Gasteiger partial charge in [-0.3, -0.25) is 4.79 Å². The normalized spacial score (nSPS) is 16.5. The Hall–Kier alpha value is -2.91. The molecule has 2 aromatic rings. The molecule has 1 fully saturated rings. The van der Waals surface area contributed by atoms with E-state index in [1.165, 1.54) is 12.1 Å². The van der Waals surface area contributed by atoms with Crippen LogP contribution >= 0.6 is 0 Å². The fourth-order valence-corrected chi connectivity index (χ4v) is 3.00. The van der Waals surface area contributed by atoms with Gasteiger partial charge in [-0.05, 0) is 61.6 Å². The summed E-state index contributed by atoms with van der Waals surface area (Å²) in [5.74, 6) is -3.12. The molecule has 1 aliphatic rings. The molecule has 1 amide bonds. The third-order valence-corrected chi connectivity index (χ3v) is 4.95. The summed E-state index contributed by atoms with van der Waals surface area (Å²) in [5.41, 5.74) is 12.9. The summed E-state index contributed by atoms with van der Waals surface area (Å²) >= 11 is 0. The van der Waals surface area contributed by atoms with Crippen LogP contribution in [0.4, 0.5) is 13.2 Å². The second-order valence-electron chi connectivity index (χ2n) is 7.31. The number of amides is 1. The minimum Gasteiger partial charge on any atom is -0.353 e. The topological polar surface area (TPSA) is 106 Å². The lowest BCUT2D eigenvalue weighted by Gasteiger charge is -2.29. The fourth-order valence-electron chi connectivity index (χ4n) is 3.00. The van der Waals surface area contributed by atoms with Crippen LogP contribution in [0, 0.1) is 17.5 Å². The van der Waals surface area contributed by atoms with E-state index in [-0.39, 0.29) is 29.8 Å². The summed E-state index contributed by atoms with van der Waals surface area (Å²) in [7, 11) is 0. The van der Waals surface area contributed by atoms with Crippen molar-refractivity contribution in [2.24, 2.45) is 16.5 Å². The Morgan fingerprint density at radius 2 is 1.77 bits per heavy atom. The second kappa shape index (κ2) is 9.73. The van der Waals surface area contributed by atoms with Crippen molar-refractivity contribution in [3.63, 3.8) is 0 Å². The molecule has 6 N–H and O–H groups in total.